The summed E-state index contributed by atoms with van der Waals surface area (Å²) < 4.78 is 13.9. The summed E-state index contributed by atoms with van der Waals surface area (Å²) >= 11 is 0. The molecule has 1 rings (SSSR count). The van der Waals surface area contributed by atoms with Gasteiger partial charge in [-0.05, 0) is 38.7 Å². The summed E-state index contributed by atoms with van der Waals surface area (Å²) in [5, 5.41) is 0. The molecule has 0 saturated heterocycles. The van der Waals surface area contributed by atoms with E-state index >= 15 is 0 Å². The lowest BCUT2D eigenvalue weighted by atomic mass is 10.1. The Balaban J connectivity index is 2.90. The maximum atomic E-state index is 13.9. The van der Waals surface area contributed by atoms with Crippen LogP contribution in [0.4, 0.5) is 10.1 Å². The van der Waals surface area contributed by atoms with Crippen molar-refractivity contribution in [3.63, 3.8) is 0 Å². The number of likely N-dealkylation sites (N-methyl/N-ethyl adjacent to an activating group) is 2. The lowest BCUT2D eigenvalue weighted by molar-refractivity contribution is 0.0781. The van der Waals surface area contributed by atoms with E-state index in [0.29, 0.717) is 17.8 Å². The Labute approximate surface area is 107 Å². The molecule has 0 fully saturated rings. The fourth-order valence-electron chi connectivity index (χ4n) is 1.61. The fraction of sp³-hybridized carbons (Fsp3) is 0.462. The summed E-state index contributed by atoms with van der Waals surface area (Å²) in [5.74, 6) is -0.837. The van der Waals surface area contributed by atoms with E-state index in [2.05, 4.69) is 0 Å². The zero-order chi connectivity index (χ0) is 13.9. The number of hydrogen-bond acceptors (Lipinski definition) is 3. The molecule has 2 N–H and O–H groups in total. The smallest absolute Gasteiger partial charge is 0.256 e. The molecule has 4 nitrogen and oxygen atoms in total. The summed E-state index contributed by atoms with van der Waals surface area (Å²) in [4.78, 5) is 15.6. The maximum absolute atomic E-state index is 13.9. The highest BCUT2D eigenvalue weighted by Crippen LogP contribution is 2.18. The van der Waals surface area contributed by atoms with E-state index < -0.39 is 5.82 Å². The number of hydrogen-bond donors (Lipinski definition) is 1. The first-order valence-corrected chi connectivity index (χ1v) is 5.78. The Bertz CT molecular complexity index is 446. The first-order chi connectivity index (χ1) is 8.32. The fourth-order valence-corrected chi connectivity index (χ4v) is 1.61. The molecule has 1 aromatic rings. The van der Waals surface area contributed by atoms with Crippen molar-refractivity contribution in [1.29, 1.82) is 0 Å². The predicted molar refractivity (Wildman–Crippen MR) is 71.1 cm³/mol. The van der Waals surface area contributed by atoms with Crippen molar-refractivity contribution >= 4 is 11.6 Å². The average Bonchev–Trinajstić information content (AvgIpc) is 2.29. The van der Waals surface area contributed by atoms with Gasteiger partial charge in [0.1, 0.15) is 5.82 Å². The summed E-state index contributed by atoms with van der Waals surface area (Å²) in [7, 11) is 5.50. The molecule has 0 aliphatic carbocycles. The molecule has 100 valence electrons. The molecule has 1 amide bonds. The van der Waals surface area contributed by atoms with Crippen molar-refractivity contribution in [3.8, 4) is 0 Å². The first-order valence-electron chi connectivity index (χ1n) is 5.78. The third kappa shape index (κ3) is 3.43. The molecule has 0 aliphatic rings. The maximum Gasteiger partial charge on any atom is 0.256 e. The number of nitrogens with zero attached hydrogens (tertiary/aromatic N) is 2. The first kappa shape index (κ1) is 14.4. The summed E-state index contributed by atoms with van der Waals surface area (Å²) in [6.45, 7) is 2.87. The Morgan fingerprint density at radius 2 is 1.89 bits per heavy atom. The van der Waals surface area contributed by atoms with E-state index in [1.165, 1.54) is 17.0 Å². The molecule has 0 unspecified atom stereocenters. The Kier molecular flexibility index (Phi) is 4.67. The molecule has 5 heteroatoms. The average molecular weight is 253 g/mol. The van der Waals surface area contributed by atoms with Gasteiger partial charge in [-0.2, -0.15) is 0 Å². The van der Waals surface area contributed by atoms with Gasteiger partial charge in [0.25, 0.3) is 5.91 Å². The molecule has 0 aromatic heterocycles. The van der Waals surface area contributed by atoms with Gasteiger partial charge < -0.3 is 15.5 Å². The molecule has 18 heavy (non-hydrogen) atoms. The molecular formula is C13H20FN3O. The van der Waals surface area contributed by atoms with E-state index in [4.69, 9.17) is 5.73 Å². The molecule has 0 heterocycles. The Morgan fingerprint density at radius 1 is 1.28 bits per heavy atom. The van der Waals surface area contributed by atoms with Gasteiger partial charge in [-0.1, -0.05) is 0 Å². The van der Waals surface area contributed by atoms with Crippen LogP contribution in [-0.2, 0) is 0 Å². The largest absolute Gasteiger partial charge is 0.399 e. The number of rotatable bonds is 4. The van der Waals surface area contributed by atoms with Crippen LogP contribution < -0.4 is 5.73 Å². The number of amides is 1. The number of nitrogens with two attached hydrogens (primary N) is 1. The van der Waals surface area contributed by atoms with Gasteiger partial charge in [-0.25, -0.2) is 4.39 Å². The van der Waals surface area contributed by atoms with E-state index in [0.717, 1.165) is 6.54 Å². The van der Waals surface area contributed by atoms with Crippen LogP contribution in [-0.4, -0.2) is 49.9 Å². The number of carbonyl (C=O) groups excluding carboxylic acids is 1. The minimum absolute atomic E-state index is 0.0359. The van der Waals surface area contributed by atoms with Crippen molar-refractivity contribution < 1.29 is 9.18 Å². The van der Waals surface area contributed by atoms with Gasteiger partial charge in [0.15, 0.2) is 0 Å². The van der Waals surface area contributed by atoms with Crippen molar-refractivity contribution in [2.45, 2.75) is 6.92 Å². The number of carbonyl (C=O) groups is 1. The van der Waals surface area contributed by atoms with Crippen LogP contribution in [0.1, 0.15) is 15.9 Å². The highest BCUT2D eigenvalue weighted by molar-refractivity contribution is 5.95. The summed E-state index contributed by atoms with van der Waals surface area (Å²) in [5.41, 5.74) is 6.47. The number of anilines is 1. The highest BCUT2D eigenvalue weighted by atomic mass is 19.1. The minimum atomic E-state index is -0.495. The molecule has 0 bridgehead atoms. The Hall–Kier alpha value is -1.62. The van der Waals surface area contributed by atoms with E-state index in [1.54, 1.807) is 14.0 Å². The number of benzene rings is 1. The predicted octanol–water partition coefficient (Wildman–Crippen LogP) is 1.35. The van der Waals surface area contributed by atoms with Crippen LogP contribution >= 0.6 is 0 Å². The molecule has 0 spiro atoms. The van der Waals surface area contributed by atoms with Crippen LogP contribution in [0.5, 0.6) is 0 Å². The number of halogens is 1. The second kappa shape index (κ2) is 5.82. The monoisotopic (exact) mass is 253 g/mol. The highest BCUT2D eigenvalue weighted by Gasteiger charge is 2.18. The molecule has 0 atom stereocenters. The van der Waals surface area contributed by atoms with Crippen molar-refractivity contribution in [3.05, 3.63) is 29.1 Å². The van der Waals surface area contributed by atoms with Crippen LogP contribution in [0.3, 0.4) is 0 Å². The summed E-state index contributed by atoms with van der Waals surface area (Å²) in [6, 6.07) is 2.91. The third-order valence-electron chi connectivity index (χ3n) is 2.74. The van der Waals surface area contributed by atoms with E-state index in [9.17, 15) is 9.18 Å². The van der Waals surface area contributed by atoms with Gasteiger partial charge in [-0.15, -0.1) is 0 Å². The second-order valence-corrected chi connectivity index (χ2v) is 4.73. The lowest BCUT2D eigenvalue weighted by Gasteiger charge is -2.20. The van der Waals surface area contributed by atoms with Crippen LogP contribution in [0.2, 0.25) is 0 Å². The quantitative estimate of drug-likeness (QED) is 0.824. The van der Waals surface area contributed by atoms with Crippen LogP contribution in [0, 0.1) is 12.7 Å². The zero-order valence-corrected chi connectivity index (χ0v) is 11.3. The standard InChI is InChI=1S/C13H20FN3O/c1-9-7-10(15)8-11(12(9)14)13(18)17(4)6-5-16(2)3/h7-8H,5-6,15H2,1-4H3. The molecular weight excluding hydrogens is 233 g/mol. The normalized spacial score (nSPS) is 10.8. The third-order valence-corrected chi connectivity index (χ3v) is 2.74. The summed E-state index contributed by atoms with van der Waals surface area (Å²) in [6.07, 6.45) is 0. The van der Waals surface area contributed by atoms with Gasteiger partial charge >= 0.3 is 0 Å². The van der Waals surface area contributed by atoms with Crippen LogP contribution in [0.15, 0.2) is 12.1 Å². The Morgan fingerprint density at radius 3 is 2.44 bits per heavy atom. The number of aryl methyl sites for hydroxylation is 1. The van der Waals surface area contributed by atoms with Gasteiger partial charge in [0, 0.05) is 25.8 Å². The zero-order valence-electron chi connectivity index (χ0n) is 11.3. The van der Waals surface area contributed by atoms with Gasteiger partial charge in [0.2, 0.25) is 0 Å². The van der Waals surface area contributed by atoms with E-state index in [-0.39, 0.29) is 11.5 Å². The van der Waals surface area contributed by atoms with Crippen molar-refractivity contribution in [2.75, 3.05) is 40.0 Å². The lowest BCUT2D eigenvalue weighted by Crippen LogP contribution is -2.34. The van der Waals surface area contributed by atoms with Crippen LogP contribution in [0.25, 0.3) is 0 Å². The number of nitrogen functional groups attached to an aromatic ring is 1. The van der Waals surface area contributed by atoms with Gasteiger partial charge in [0.05, 0.1) is 5.56 Å². The molecule has 0 saturated carbocycles. The second-order valence-electron chi connectivity index (χ2n) is 4.73. The molecule has 1 aromatic carbocycles. The van der Waals surface area contributed by atoms with Crippen molar-refractivity contribution in [1.82, 2.24) is 9.80 Å². The molecule has 0 aliphatic heterocycles. The van der Waals surface area contributed by atoms with Crippen molar-refractivity contribution in [2.24, 2.45) is 0 Å². The van der Waals surface area contributed by atoms with E-state index in [1.807, 2.05) is 19.0 Å². The van der Waals surface area contributed by atoms with Gasteiger partial charge in [-0.3, -0.25) is 4.79 Å². The minimum Gasteiger partial charge on any atom is -0.399 e. The topological polar surface area (TPSA) is 49.6 Å². The molecule has 0 radical (unpaired) electrons. The SMILES string of the molecule is Cc1cc(N)cc(C(=O)N(C)CCN(C)C)c1F.